The fourth-order valence-electron chi connectivity index (χ4n) is 2.81. The molecule has 32 heavy (non-hydrogen) atoms. The van der Waals surface area contributed by atoms with Gasteiger partial charge in [0.15, 0.2) is 0 Å². The molecular formula is C22H18ClFN6OS. The van der Waals surface area contributed by atoms with E-state index in [2.05, 4.69) is 25.6 Å². The number of rotatable bonds is 8. The monoisotopic (exact) mass is 468 g/mol. The summed E-state index contributed by atoms with van der Waals surface area (Å²) < 4.78 is 14.6. The van der Waals surface area contributed by atoms with Crippen LogP contribution in [0.2, 0.25) is 5.02 Å². The molecule has 7 nitrogen and oxygen atoms in total. The van der Waals surface area contributed by atoms with Crippen molar-refractivity contribution in [2.45, 2.75) is 11.7 Å². The smallest absolute Gasteiger partial charge is 0.235 e. The standard InChI is InChI=1S/C22H18ClFN6OS/c23-18-4-2-1-3-16(18)13-30-20(11-12-25-30)27-21(31)14-32-22-26-19(28-29-22)10-7-15-5-8-17(24)9-6-15/h1-12H,13-14H2,(H,27,31)(H,26,28,29)/b10-7+. The second-order valence-electron chi connectivity index (χ2n) is 6.69. The highest BCUT2D eigenvalue weighted by molar-refractivity contribution is 7.99. The number of aromatic nitrogens is 5. The number of carbonyl (C=O) groups is 1. The number of nitrogens with one attached hydrogen (secondary N) is 2. The summed E-state index contributed by atoms with van der Waals surface area (Å²) in [4.78, 5) is 16.7. The number of halogens is 2. The van der Waals surface area contributed by atoms with Gasteiger partial charge in [0, 0.05) is 11.1 Å². The maximum absolute atomic E-state index is 13.0. The van der Waals surface area contributed by atoms with Gasteiger partial charge in [-0.3, -0.25) is 9.89 Å². The van der Waals surface area contributed by atoms with Gasteiger partial charge in [0.2, 0.25) is 11.1 Å². The highest BCUT2D eigenvalue weighted by Crippen LogP contribution is 2.19. The number of nitrogens with zero attached hydrogens (tertiary/aromatic N) is 4. The molecule has 0 fully saturated rings. The first-order chi connectivity index (χ1) is 15.6. The fourth-order valence-corrected chi connectivity index (χ4v) is 3.61. The predicted molar refractivity (Wildman–Crippen MR) is 124 cm³/mol. The lowest BCUT2D eigenvalue weighted by atomic mass is 10.2. The number of carbonyl (C=O) groups excluding carboxylic acids is 1. The number of thioether (sulfide) groups is 1. The van der Waals surface area contributed by atoms with Gasteiger partial charge in [0.05, 0.1) is 18.5 Å². The minimum atomic E-state index is -0.286. The van der Waals surface area contributed by atoms with E-state index < -0.39 is 0 Å². The summed E-state index contributed by atoms with van der Waals surface area (Å²) >= 11 is 7.42. The molecule has 4 aromatic rings. The van der Waals surface area contributed by atoms with Crippen LogP contribution in [0.5, 0.6) is 0 Å². The molecule has 0 bridgehead atoms. The van der Waals surface area contributed by atoms with Gasteiger partial charge in [-0.1, -0.05) is 59.8 Å². The second-order valence-corrected chi connectivity index (χ2v) is 8.04. The molecule has 0 aliphatic carbocycles. The van der Waals surface area contributed by atoms with Crippen molar-refractivity contribution >= 4 is 47.2 Å². The van der Waals surface area contributed by atoms with Crippen molar-refractivity contribution in [1.29, 1.82) is 0 Å². The van der Waals surface area contributed by atoms with E-state index in [1.165, 1.54) is 23.9 Å². The minimum Gasteiger partial charge on any atom is -0.310 e. The lowest BCUT2D eigenvalue weighted by Crippen LogP contribution is -2.18. The number of benzene rings is 2. The SMILES string of the molecule is O=C(CSc1n[nH]c(/C=C/c2ccc(F)cc2)n1)Nc1ccnn1Cc1ccccc1Cl. The van der Waals surface area contributed by atoms with Crippen LogP contribution in [-0.2, 0) is 11.3 Å². The van der Waals surface area contributed by atoms with Gasteiger partial charge in [-0.25, -0.2) is 14.1 Å². The van der Waals surface area contributed by atoms with Crippen LogP contribution < -0.4 is 5.32 Å². The van der Waals surface area contributed by atoms with Gasteiger partial charge in [-0.2, -0.15) is 5.10 Å². The molecule has 0 radical (unpaired) electrons. The number of H-pyrrole nitrogens is 1. The van der Waals surface area contributed by atoms with Crippen molar-refractivity contribution in [3.63, 3.8) is 0 Å². The van der Waals surface area contributed by atoms with Crippen LogP contribution in [0, 0.1) is 5.82 Å². The molecule has 0 atom stereocenters. The third-order valence-electron chi connectivity index (χ3n) is 4.38. The highest BCUT2D eigenvalue weighted by atomic mass is 35.5. The molecule has 1 amide bonds. The molecule has 0 aliphatic heterocycles. The molecule has 2 heterocycles. The Kier molecular flexibility index (Phi) is 6.98. The molecule has 0 unspecified atom stereocenters. The fraction of sp³-hybridized carbons (Fsp3) is 0.0909. The molecule has 2 aromatic heterocycles. The minimum absolute atomic E-state index is 0.135. The zero-order valence-electron chi connectivity index (χ0n) is 16.7. The van der Waals surface area contributed by atoms with Crippen molar-refractivity contribution in [3.8, 4) is 0 Å². The Balaban J connectivity index is 1.30. The summed E-state index contributed by atoms with van der Waals surface area (Å²) in [5.41, 5.74) is 1.74. The summed E-state index contributed by atoms with van der Waals surface area (Å²) in [5.74, 6) is 0.759. The maximum Gasteiger partial charge on any atom is 0.235 e. The lowest BCUT2D eigenvalue weighted by molar-refractivity contribution is -0.113. The Bertz CT molecular complexity index is 1240. The third kappa shape index (κ3) is 5.83. The summed E-state index contributed by atoms with van der Waals surface area (Å²) in [6.07, 6.45) is 5.15. The molecule has 162 valence electrons. The van der Waals surface area contributed by atoms with E-state index in [1.807, 2.05) is 24.3 Å². The molecule has 0 aliphatic rings. The average molecular weight is 469 g/mol. The Morgan fingerprint density at radius 1 is 1.16 bits per heavy atom. The van der Waals surface area contributed by atoms with Gasteiger partial charge >= 0.3 is 0 Å². The number of hydrogen-bond acceptors (Lipinski definition) is 5. The molecular weight excluding hydrogens is 451 g/mol. The van der Waals surface area contributed by atoms with Crippen LogP contribution in [0.4, 0.5) is 10.2 Å². The highest BCUT2D eigenvalue weighted by Gasteiger charge is 2.11. The zero-order chi connectivity index (χ0) is 22.3. The number of anilines is 1. The van der Waals surface area contributed by atoms with Crippen LogP contribution in [0.25, 0.3) is 12.2 Å². The topological polar surface area (TPSA) is 88.5 Å². The third-order valence-corrected chi connectivity index (χ3v) is 5.60. The van der Waals surface area contributed by atoms with Crippen molar-refractivity contribution in [2.24, 2.45) is 0 Å². The van der Waals surface area contributed by atoms with Crippen molar-refractivity contribution in [2.75, 3.05) is 11.1 Å². The van der Waals surface area contributed by atoms with E-state index in [-0.39, 0.29) is 17.5 Å². The van der Waals surface area contributed by atoms with Crippen LogP contribution in [0.15, 0.2) is 66.0 Å². The average Bonchev–Trinajstić information content (AvgIpc) is 3.43. The zero-order valence-corrected chi connectivity index (χ0v) is 18.3. The Labute approximate surface area is 192 Å². The van der Waals surface area contributed by atoms with Crippen LogP contribution in [-0.4, -0.2) is 36.6 Å². The number of amides is 1. The lowest BCUT2D eigenvalue weighted by Gasteiger charge is -2.09. The Morgan fingerprint density at radius 3 is 2.78 bits per heavy atom. The van der Waals surface area contributed by atoms with Crippen LogP contribution in [0.1, 0.15) is 17.0 Å². The van der Waals surface area contributed by atoms with Crippen molar-refractivity contribution < 1.29 is 9.18 Å². The second kappa shape index (κ2) is 10.3. The van der Waals surface area contributed by atoms with Crippen LogP contribution in [0.3, 0.4) is 0 Å². The van der Waals surface area contributed by atoms with Gasteiger partial charge in [0.25, 0.3) is 0 Å². The Morgan fingerprint density at radius 2 is 1.97 bits per heavy atom. The summed E-state index contributed by atoms with van der Waals surface area (Å²) in [5, 5.41) is 15.1. The van der Waals surface area contributed by atoms with E-state index in [1.54, 1.807) is 41.2 Å². The van der Waals surface area contributed by atoms with E-state index >= 15 is 0 Å². The van der Waals surface area contributed by atoms with Crippen molar-refractivity contribution in [3.05, 3.63) is 88.6 Å². The number of aromatic amines is 1. The van der Waals surface area contributed by atoms with Gasteiger partial charge < -0.3 is 5.32 Å². The molecule has 4 rings (SSSR count). The summed E-state index contributed by atoms with van der Waals surface area (Å²) in [6, 6.07) is 15.3. The normalized spacial score (nSPS) is 11.2. The van der Waals surface area contributed by atoms with Gasteiger partial charge in [-0.05, 0) is 35.4 Å². The van der Waals surface area contributed by atoms with Gasteiger partial charge in [0.1, 0.15) is 17.5 Å². The van der Waals surface area contributed by atoms with E-state index in [0.29, 0.717) is 28.4 Å². The largest absolute Gasteiger partial charge is 0.310 e. The summed E-state index contributed by atoms with van der Waals surface area (Å²) in [6.45, 7) is 0.445. The first-order valence-corrected chi connectivity index (χ1v) is 11.0. The first-order valence-electron chi connectivity index (χ1n) is 9.61. The molecule has 10 heteroatoms. The van der Waals surface area contributed by atoms with E-state index in [4.69, 9.17) is 11.6 Å². The Hall–Kier alpha value is -3.43. The molecule has 0 saturated carbocycles. The molecule has 2 aromatic carbocycles. The quantitative estimate of drug-likeness (QED) is 0.364. The van der Waals surface area contributed by atoms with Crippen LogP contribution >= 0.6 is 23.4 Å². The first kappa shape index (κ1) is 21.8. The van der Waals surface area contributed by atoms with E-state index in [0.717, 1.165) is 11.1 Å². The molecule has 0 saturated heterocycles. The molecule has 0 spiro atoms. The molecule has 2 N–H and O–H groups in total. The maximum atomic E-state index is 13.0. The van der Waals surface area contributed by atoms with E-state index in [9.17, 15) is 9.18 Å². The number of hydrogen-bond donors (Lipinski definition) is 2. The summed E-state index contributed by atoms with van der Waals surface area (Å²) in [7, 11) is 0. The van der Waals surface area contributed by atoms with Crippen molar-refractivity contribution in [1.82, 2.24) is 25.0 Å². The predicted octanol–water partition coefficient (Wildman–Crippen LogP) is 4.74. The van der Waals surface area contributed by atoms with Gasteiger partial charge in [-0.15, -0.1) is 5.10 Å².